The third kappa shape index (κ3) is 4.51. The molecule has 0 fully saturated rings. The van der Waals surface area contributed by atoms with Gasteiger partial charge >= 0.3 is 0 Å². The zero-order chi connectivity index (χ0) is 12.0. The SMILES string of the molecule is CCOCC(C)OCc1ccc(Br)cc1N. The van der Waals surface area contributed by atoms with Crippen LogP contribution in [0.4, 0.5) is 5.69 Å². The van der Waals surface area contributed by atoms with E-state index in [4.69, 9.17) is 15.2 Å². The van der Waals surface area contributed by atoms with Crippen LogP contribution >= 0.6 is 15.9 Å². The minimum Gasteiger partial charge on any atom is -0.398 e. The number of hydrogen-bond donors (Lipinski definition) is 1. The molecule has 0 amide bonds. The number of nitrogens with two attached hydrogens (primary N) is 1. The van der Waals surface area contributed by atoms with Gasteiger partial charge in [-0.2, -0.15) is 0 Å². The summed E-state index contributed by atoms with van der Waals surface area (Å²) in [7, 11) is 0. The number of hydrogen-bond acceptors (Lipinski definition) is 3. The standard InChI is InChI=1S/C12H18BrNO2/c1-3-15-7-9(2)16-8-10-4-5-11(13)6-12(10)14/h4-6,9H,3,7-8,14H2,1-2H3. The van der Waals surface area contributed by atoms with E-state index in [1.807, 2.05) is 32.0 Å². The van der Waals surface area contributed by atoms with Crippen LogP contribution in [0.15, 0.2) is 22.7 Å². The Hall–Kier alpha value is -0.580. The van der Waals surface area contributed by atoms with Crippen molar-refractivity contribution in [3.05, 3.63) is 28.2 Å². The zero-order valence-electron chi connectivity index (χ0n) is 9.70. The normalized spacial score (nSPS) is 12.7. The van der Waals surface area contributed by atoms with Crippen LogP contribution in [0.2, 0.25) is 0 Å². The number of nitrogen functional groups attached to an aromatic ring is 1. The molecule has 0 aromatic heterocycles. The third-order valence-electron chi connectivity index (χ3n) is 2.19. The predicted octanol–water partition coefficient (Wildman–Crippen LogP) is 2.97. The molecular weight excluding hydrogens is 270 g/mol. The molecule has 1 aromatic rings. The van der Waals surface area contributed by atoms with Crippen LogP contribution in [0.5, 0.6) is 0 Å². The van der Waals surface area contributed by atoms with Crippen LogP contribution < -0.4 is 5.73 Å². The quantitative estimate of drug-likeness (QED) is 0.818. The van der Waals surface area contributed by atoms with Crippen LogP contribution in [-0.2, 0) is 16.1 Å². The highest BCUT2D eigenvalue weighted by Crippen LogP contribution is 2.19. The fraction of sp³-hybridized carbons (Fsp3) is 0.500. The smallest absolute Gasteiger partial charge is 0.0785 e. The molecule has 0 spiro atoms. The first kappa shape index (κ1) is 13.5. The molecule has 0 saturated heterocycles. The second-order valence-electron chi connectivity index (χ2n) is 3.62. The fourth-order valence-electron chi connectivity index (χ4n) is 1.26. The van der Waals surface area contributed by atoms with Gasteiger partial charge in [0.05, 0.1) is 19.3 Å². The molecule has 0 saturated carbocycles. The van der Waals surface area contributed by atoms with E-state index in [9.17, 15) is 0 Å². The first-order valence-corrected chi connectivity index (χ1v) is 6.16. The van der Waals surface area contributed by atoms with Gasteiger partial charge in [-0.25, -0.2) is 0 Å². The Morgan fingerprint density at radius 2 is 2.19 bits per heavy atom. The van der Waals surface area contributed by atoms with E-state index in [-0.39, 0.29) is 6.10 Å². The van der Waals surface area contributed by atoms with E-state index in [1.165, 1.54) is 0 Å². The van der Waals surface area contributed by atoms with Crippen molar-refractivity contribution in [2.45, 2.75) is 26.6 Å². The number of rotatable bonds is 6. The Bertz CT molecular complexity index is 331. The molecule has 2 N–H and O–H groups in total. The Labute approximate surface area is 105 Å². The molecule has 0 radical (unpaired) electrons. The summed E-state index contributed by atoms with van der Waals surface area (Å²) in [5.74, 6) is 0. The average Bonchev–Trinajstić information content (AvgIpc) is 2.25. The summed E-state index contributed by atoms with van der Waals surface area (Å²) >= 11 is 3.37. The summed E-state index contributed by atoms with van der Waals surface area (Å²) in [6, 6.07) is 5.81. The van der Waals surface area contributed by atoms with Crippen molar-refractivity contribution in [2.75, 3.05) is 18.9 Å². The summed E-state index contributed by atoms with van der Waals surface area (Å²) in [5.41, 5.74) is 7.62. The van der Waals surface area contributed by atoms with E-state index in [1.54, 1.807) is 0 Å². The largest absolute Gasteiger partial charge is 0.398 e. The van der Waals surface area contributed by atoms with Gasteiger partial charge in [0.25, 0.3) is 0 Å². The van der Waals surface area contributed by atoms with Crippen molar-refractivity contribution in [1.29, 1.82) is 0 Å². The summed E-state index contributed by atoms with van der Waals surface area (Å²) in [5, 5.41) is 0. The van der Waals surface area contributed by atoms with E-state index >= 15 is 0 Å². The van der Waals surface area contributed by atoms with Crippen molar-refractivity contribution in [1.82, 2.24) is 0 Å². The molecule has 0 aliphatic rings. The minimum atomic E-state index is 0.0861. The van der Waals surface area contributed by atoms with Crippen molar-refractivity contribution in [2.24, 2.45) is 0 Å². The Morgan fingerprint density at radius 1 is 1.44 bits per heavy atom. The molecular formula is C12H18BrNO2. The number of halogens is 1. The molecule has 90 valence electrons. The molecule has 1 rings (SSSR count). The lowest BCUT2D eigenvalue weighted by atomic mass is 10.2. The van der Waals surface area contributed by atoms with Gasteiger partial charge in [0.1, 0.15) is 0 Å². The number of benzene rings is 1. The molecule has 1 atom stereocenters. The second kappa shape index (κ2) is 6.89. The van der Waals surface area contributed by atoms with Crippen LogP contribution in [-0.4, -0.2) is 19.3 Å². The van der Waals surface area contributed by atoms with Crippen LogP contribution in [0.1, 0.15) is 19.4 Å². The maximum atomic E-state index is 5.87. The van der Waals surface area contributed by atoms with Crippen molar-refractivity contribution < 1.29 is 9.47 Å². The topological polar surface area (TPSA) is 44.5 Å². The van der Waals surface area contributed by atoms with E-state index in [0.29, 0.717) is 19.8 Å². The maximum absolute atomic E-state index is 5.87. The van der Waals surface area contributed by atoms with Gasteiger partial charge in [0.2, 0.25) is 0 Å². The van der Waals surface area contributed by atoms with Gasteiger partial charge < -0.3 is 15.2 Å². The Morgan fingerprint density at radius 3 is 2.81 bits per heavy atom. The van der Waals surface area contributed by atoms with Gasteiger partial charge in [-0.15, -0.1) is 0 Å². The summed E-state index contributed by atoms with van der Waals surface area (Å²) in [4.78, 5) is 0. The summed E-state index contributed by atoms with van der Waals surface area (Å²) in [6.45, 7) is 5.82. The molecule has 0 heterocycles. The van der Waals surface area contributed by atoms with E-state index < -0.39 is 0 Å². The molecule has 16 heavy (non-hydrogen) atoms. The van der Waals surface area contributed by atoms with Gasteiger partial charge in [-0.05, 0) is 26.0 Å². The minimum absolute atomic E-state index is 0.0861. The van der Waals surface area contributed by atoms with E-state index in [0.717, 1.165) is 15.7 Å². The molecule has 0 bridgehead atoms. The highest BCUT2D eigenvalue weighted by Gasteiger charge is 2.05. The Kier molecular flexibility index (Phi) is 5.80. The van der Waals surface area contributed by atoms with Crippen LogP contribution in [0.3, 0.4) is 0 Å². The third-order valence-corrected chi connectivity index (χ3v) is 2.68. The molecule has 0 aliphatic heterocycles. The second-order valence-corrected chi connectivity index (χ2v) is 4.54. The monoisotopic (exact) mass is 287 g/mol. The molecule has 1 aromatic carbocycles. The number of ether oxygens (including phenoxy) is 2. The zero-order valence-corrected chi connectivity index (χ0v) is 11.3. The van der Waals surface area contributed by atoms with E-state index in [2.05, 4.69) is 15.9 Å². The van der Waals surface area contributed by atoms with Gasteiger partial charge in [0, 0.05) is 22.3 Å². The van der Waals surface area contributed by atoms with Crippen molar-refractivity contribution >= 4 is 21.6 Å². The van der Waals surface area contributed by atoms with Crippen molar-refractivity contribution in [3.8, 4) is 0 Å². The Balaban J connectivity index is 2.42. The van der Waals surface area contributed by atoms with Crippen LogP contribution in [0, 0.1) is 0 Å². The van der Waals surface area contributed by atoms with Gasteiger partial charge in [0.15, 0.2) is 0 Å². The highest BCUT2D eigenvalue weighted by molar-refractivity contribution is 9.10. The maximum Gasteiger partial charge on any atom is 0.0785 e. The first-order chi connectivity index (χ1) is 7.63. The number of anilines is 1. The molecule has 1 unspecified atom stereocenters. The lowest BCUT2D eigenvalue weighted by Gasteiger charge is -2.14. The lowest BCUT2D eigenvalue weighted by molar-refractivity contribution is -0.0114. The fourth-order valence-corrected chi connectivity index (χ4v) is 1.64. The summed E-state index contributed by atoms with van der Waals surface area (Å²) < 4.78 is 11.9. The van der Waals surface area contributed by atoms with Crippen LogP contribution in [0.25, 0.3) is 0 Å². The summed E-state index contributed by atoms with van der Waals surface area (Å²) in [6.07, 6.45) is 0.0861. The highest BCUT2D eigenvalue weighted by atomic mass is 79.9. The lowest BCUT2D eigenvalue weighted by Crippen LogP contribution is -2.16. The molecule has 4 heteroatoms. The first-order valence-electron chi connectivity index (χ1n) is 5.36. The molecule has 3 nitrogen and oxygen atoms in total. The van der Waals surface area contributed by atoms with Crippen molar-refractivity contribution in [3.63, 3.8) is 0 Å². The van der Waals surface area contributed by atoms with Gasteiger partial charge in [-0.3, -0.25) is 0 Å². The average molecular weight is 288 g/mol. The van der Waals surface area contributed by atoms with Gasteiger partial charge in [-0.1, -0.05) is 22.0 Å². The molecule has 0 aliphatic carbocycles. The predicted molar refractivity (Wildman–Crippen MR) is 69.3 cm³/mol.